The Bertz CT molecular complexity index is 769. The number of thiophene rings is 1. The summed E-state index contributed by atoms with van der Waals surface area (Å²) in [5, 5.41) is 12.8. The highest BCUT2D eigenvalue weighted by molar-refractivity contribution is 7.98. The first-order valence-electron chi connectivity index (χ1n) is 6.61. The van der Waals surface area contributed by atoms with Crippen molar-refractivity contribution in [2.45, 2.75) is 17.3 Å². The van der Waals surface area contributed by atoms with Gasteiger partial charge in [-0.15, -0.1) is 21.5 Å². The van der Waals surface area contributed by atoms with Gasteiger partial charge < -0.3 is 4.57 Å². The number of benzene rings is 1. The van der Waals surface area contributed by atoms with E-state index in [-0.39, 0.29) is 0 Å². The van der Waals surface area contributed by atoms with Crippen LogP contribution >= 0.6 is 46.3 Å². The number of nitrogens with zero attached hydrogens (tertiary/aromatic N) is 3. The molecule has 114 valence electrons. The molecule has 0 atom stereocenters. The predicted molar refractivity (Wildman–Crippen MR) is 94.2 cm³/mol. The second kappa shape index (κ2) is 7.04. The van der Waals surface area contributed by atoms with Gasteiger partial charge in [0.15, 0.2) is 5.16 Å². The molecule has 7 heteroatoms. The van der Waals surface area contributed by atoms with Gasteiger partial charge in [0.1, 0.15) is 5.82 Å². The highest BCUT2D eigenvalue weighted by Crippen LogP contribution is 2.28. The molecule has 0 N–H and O–H groups in total. The summed E-state index contributed by atoms with van der Waals surface area (Å²) in [6.07, 6.45) is 0.809. The van der Waals surface area contributed by atoms with Crippen molar-refractivity contribution in [2.75, 3.05) is 0 Å². The minimum atomic E-state index is 0.649. The number of thioether (sulfide) groups is 1. The lowest BCUT2D eigenvalue weighted by molar-refractivity contribution is 0.751. The monoisotopic (exact) mass is 369 g/mol. The normalized spacial score (nSPS) is 11.0. The molecule has 0 bridgehead atoms. The fourth-order valence-corrected chi connectivity index (χ4v) is 4.16. The standard InChI is InChI=1S/C15H13Cl2N3S2/c1-20-14(8-12-3-2-6-21-12)18-19-15(20)22-9-10-4-5-11(16)7-13(10)17/h2-7H,8-9H2,1H3. The number of hydrogen-bond donors (Lipinski definition) is 0. The van der Waals surface area contributed by atoms with Crippen molar-refractivity contribution in [2.24, 2.45) is 7.05 Å². The first kappa shape index (κ1) is 15.9. The van der Waals surface area contributed by atoms with E-state index in [9.17, 15) is 0 Å². The molecule has 0 saturated carbocycles. The molecule has 3 rings (SSSR count). The molecule has 2 aromatic heterocycles. The van der Waals surface area contributed by atoms with Crippen molar-refractivity contribution in [3.05, 3.63) is 62.0 Å². The van der Waals surface area contributed by atoms with Crippen LogP contribution < -0.4 is 0 Å². The molecule has 0 fully saturated rings. The first-order valence-corrected chi connectivity index (χ1v) is 9.23. The van der Waals surface area contributed by atoms with Gasteiger partial charge in [-0.1, -0.05) is 47.1 Å². The van der Waals surface area contributed by atoms with Crippen LogP contribution in [-0.4, -0.2) is 14.8 Å². The largest absolute Gasteiger partial charge is 0.309 e. The summed E-state index contributed by atoms with van der Waals surface area (Å²) in [5.74, 6) is 1.70. The Balaban J connectivity index is 1.69. The van der Waals surface area contributed by atoms with E-state index in [1.165, 1.54) is 4.88 Å². The van der Waals surface area contributed by atoms with Gasteiger partial charge in [0, 0.05) is 34.1 Å². The van der Waals surface area contributed by atoms with Gasteiger partial charge in [0.05, 0.1) is 0 Å². The predicted octanol–water partition coefficient (Wildman–Crippen LogP) is 5.07. The van der Waals surface area contributed by atoms with Gasteiger partial charge in [-0.05, 0) is 29.1 Å². The maximum atomic E-state index is 6.20. The zero-order valence-electron chi connectivity index (χ0n) is 11.8. The Labute approximate surface area is 147 Å². The molecule has 0 aliphatic carbocycles. The minimum Gasteiger partial charge on any atom is -0.309 e. The molecule has 0 saturated heterocycles. The summed E-state index contributed by atoms with van der Waals surface area (Å²) in [7, 11) is 1.99. The van der Waals surface area contributed by atoms with E-state index in [0.717, 1.165) is 28.7 Å². The third-order valence-corrected chi connectivity index (χ3v) is 5.74. The second-order valence-corrected chi connectivity index (χ2v) is 7.56. The van der Waals surface area contributed by atoms with Crippen molar-refractivity contribution in [1.29, 1.82) is 0 Å². The Morgan fingerprint density at radius 1 is 1.23 bits per heavy atom. The van der Waals surface area contributed by atoms with Gasteiger partial charge in [0.25, 0.3) is 0 Å². The molecule has 22 heavy (non-hydrogen) atoms. The van der Waals surface area contributed by atoms with Crippen molar-refractivity contribution in [1.82, 2.24) is 14.8 Å². The van der Waals surface area contributed by atoms with E-state index in [2.05, 4.69) is 27.7 Å². The smallest absolute Gasteiger partial charge is 0.191 e. The van der Waals surface area contributed by atoms with E-state index >= 15 is 0 Å². The van der Waals surface area contributed by atoms with Crippen molar-refractivity contribution in [3.8, 4) is 0 Å². The van der Waals surface area contributed by atoms with Crippen LogP contribution in [0.5, 0.6) is 0 Å². The number of halogens is 2. The molecule has 1 aromatic carbocycles. The first-order chi connectivity index (χ1) is 10.6. The Hall–Kier alpha value is -1.01. The maximum absolute atomic E-state index is 6.20. The van der Waals surface area contributed by atoms with Crippen molar-refractivity contribution < 1.29 is 0 Å². The van der Waals surface area contributed by atoms with Crippen LogP contribution in [0.3, 0.4) is 0 Å². The van der Waals surface area contributed by atoms with Crippen molar-refractivity contribution in [3.63, 3.8) is 0 Å². The van der Waals surface area contributed by atoms with Crippen LogP contribution in [0.2, 0.25) is 10.0 Å². The molecule has 0 aliphatic heterocycles. The van der Waals surface area contributed by atoms with Crippen LogP contribution in [0.1, 0.15) is 16.3 Å². The zero-order chi connectivity index (χ0) is 15.5. The van der Waals surface area contributed by atoms with Gasteiger partial charge in [-0.25, -0.2) is 0 Å². The van der Waals surface area contributed by atoms with E-state index < -0.39 is 0 Å². The second-order valence-electron chi connectivity index (χ2n) is 4.74. The molecule has 3 nitrogen and oxygen atoms in total. The van der Waals surface area contributed by atoms with Gasteiger partial charge in [-0.3, -0.25) is 0 Å². The molecule has 0 radical (unpaired) electrons. The lowest BCUT2D eigenvalue weighted by Crippen LogP contribution is -1.99. The fourth-order valence-electron chi connectivity index (χ4n) is 1.97. The average Bonchev–Trinajstić information content (AvgIpc) is 3.11. The summed E-state index contributed by atoms with van der Waals surface area (Å²) in [6, 6.07) is 9.72. The lowest BCUT2D eigenvalue weighted by Gasteiger charge is -2.05. The molecular weight excluding hydrogens is 357 g/mol. The molecule has 2 heterocycles. The van der Waals surface area contributed by atoms with E-state index in [1.807, 2.05) is 23.7 Å². The Morgan fingerprint density at radius 2 is 2.09 bits per heavy atom. The summed E-state index contributed by atoms with van der Waals surface area (Å²) in [5.41, 5.74) is 1.04. The molecule has 0 unspecified atom stereocenters. The van der Waals surface area contributed by atoms with Gasteiger partial charge >= 0.3 is 0 Å². The van der Waals surface area contributed by atoms with Crippen LogP contribution in [0.25, 0.3) is 0 Å². The minimum absolute atomic E-state index is 0.649. The third-order valence-electron chi connectivity index (χ3n) is 3.21. The van der Waals surface area contributed by atoms with Crippen LogP contribution in [-0.2, 0) is 19.2 Å². The highest BCUT2D eigenvalue weighted by Gasteiger charge is 2.11. The van der Waals surface area contributed by atoms with E-state index in [4.69, 9.17) is 23.2 Å². The number of hydrogen-bond acceptors (Lipinski definition) is 4. The lowest BCUT2D eigenvalue weighted by atomic mass is 10.2. The molecular formula is C15H13Cl2N3S2. The summed E-state index contributed by atoms with van der Waals surface area (Å²) in [6.45, 7) is 0. The van der Waals surface area contributed by atoms with E-state index in [0.29, 0.717) is 10.0 Å². The number of rotatable bonds is 5. The molecule has 0 amide bonds. The topological polar surface area (TPSA) is 30.7 Å². The Morgan fingerprint density at radius 3 is 2.82 bits per heavy atom. The van der Waals surface area contributed by atoms with Crippen LogP contribution in [0.4, 0.5) is 0 Å². The highest BCUT2D eigenvalue weighted by atomic mass is 35.5. The molecule has 0 aliphatic rings. The van der Waals surface area contributed by atoms with E-state index in [1.54, 1.807) is 29.2 Å². The summed E-state index contributed by atoms with van der Waals surface area (Å²) >= 11 is 15.5. The maximum Gasteiger partial charge on any atom is 0.191 e. The quantitative estimate of drug-likeness (QED) is 0.588. The summed E-state index contributed by atoms with van der Waals surface area (Å²) in [4.78, 5) is 1.28. The van der Waals surface area contributed by atoms with Gasteiger partial charge in [-0.2, -0.15) is 0 Å². The van der Waals surface area contributed by atoms with Crippen LogP contribution in [0.15, 0.2) is 40.9 Å². The molecule has 3 aromatic rings. The van der Waals surface area contributed by atoms with Crippen LogP contribution in [0, 0.1) is 0 Å². The third kappa shape index (κ3) is 3.66. The Kier molecular flexibility index (Phi) is 5.08. The average molecular weight is 370 g/mol. The molecule has 0 spiro atoms. The fraction of sp³-hybridized carbons (Fsp3) is 0.200. The SMILES string of the molecule is Cn1c(Cc2cccs2)nnc1SCc1ccc(Cl)cc1Cl. The summed E-state index contributed by atoms with van der Waals surface area (Å²) < 4.78 is 2.04. The van der Waals surface area contributed by atoms with Crippen molar-refractivity contribution >= 4 is 46.3 Å². The number of aromatic nitrogens is 3. The zero-order valence-corrected chi connectivity index (χ0v) is 14.9. The van der Waals surface area contributed by atoms with Gasteiger partial charge in [0.2, 0.25) is 0 Å².